The lowest BCUT2D eigenvalue weighted by molar-refractivity contribution is 0.126. The number of hydrogen-bond acceptors (Lipinski definition) is 2. The molecular weight excluding hydrogens is 310 g/mol. The Kier molecular flexibility index (Phi) is 7.96. The van der Waals surface area contributed by atoms with Crippen LogP contribution in [0.1, 0.15) is 38.3 Å². The number of nitrogens with zero attached hydrogens (tertiary/aromatic N) is 1. The third-order valence-corrected chi connectivity index (χ3v) is 4.44. The summed E-state index contributed by atoms with van der Waals surface area (Å²) in [5, 5.41) is 3.93. The predicted molar refractivity (Wildman–Crippen MR) is 89.9 cm³/mol. The van der Waals surface area contributed by atoms with Crippen molar-refractivity contribution in [2.75, 3.05) is 26.2 Å². The highest BCUT2D eigenvalue weighted by Gasteiger charge is 2.28. The summed E-state index contributed by atoms with van der Waals surface area (Å²) < 4.78 is 13.3. The van der Waals surface area contributed by atoms with E-state index in [9.17, 15) is 4.39 Å². The minimum atomic E-state index is -0.263. The topological polar surface area (TPSA) is 15.3 Å². The first-order chi connectivity index (χ1) is 9.63. The molecule has 0 aliphatic carbocycles. The largest absolute Gasteiger partial charge is 0.314 e. The Morgan fingerprint density at radius 3 is 2.57 bits per heavy atom. The summed E-state index contributed by atoms with van der Waals surface area (Å²) in [6, 6.07) is 5.10. The van der Waals surface area contributed by atoms with Crippen molar-refractivity contribution in [3.8, 4) is 0 Å². The Morgan fingerprint density at radius 2 is 2.00 bits per heavy atom. The van der Waals surface area contributed by atoms with E-state index in [1.54, 1.807) is 0 Å². The second-order valence-corrected chi connectivity index (χ2v) is 6.07. The third kappa shape index (κ3) is 4.82. The molecule has 120 valence electrons. The molecule has 1 unspecified atom stereocenters. The van der Waals surface area contributed by atoms with Gasteiger partial charge < -0.3 is 5.32 Å². The van der Waals surface area contributed by atoms with Crippen molar-refractivity contribution in [1.82, 2.24) is 10.2 Å². The molecule has 0 amide bonds. The van der Waals surface area contributed by atoms with Gasteiger partial charge in [-0.2, -0.15) is 0 Å². The Labute approximate surface area is 138 Å². The van der Waals surface area contributed by atoms with Crippen molar-refractivity contribution < 1.29 is 4.39 Å². The molecule has 21 heavy (non-hydrogen) atoms. The van der Waals surface area contributed by atoms with Crippen molar-refractivity contribution in [2.45, 2.75) is 32.7 Å². The summed E-state index contributed by atoms with van der Waals surface area (Å²) in [5.74, 6) is 0.252. The van der Waals surface area contributed by atoms with Gasteiger partial charge >= 0.3 is 0 Å². The summed E-state index contributed by atoms with van der Waals surface area (Å²) in [7, 11) is 0. The zero-order valence-corrected chi connectivity index (χ0v) is 14.3. The van der Waals surface area contributed by atoms with Crippen LogP contribution in [0, 0.1) is 11.7 Å². The second-order valence-electron chi connectivity index (χ2n) is 5.66. The molecular formula is C16H25Cl2FN2. The normalized spacial score (nSPS) is 18.9. The first-order valence-corrected chi connectivity index (χ1v) is 7.91. The van der Waals surface area contributed by atoms with Gasteiger partial charge in [-0.05, 0) is 30.0 Å². The van der Waals surface area contributed by atoms with Gasteiger partial charge in [0.05, 0.1) is 0 Å². The number of hydrogen-bond donors (Lipinski definition) is 1. The van der Waals surface area contributed by atoms with Crippen LogP contribution in [0.5, 0.6) is 0 Å². The molecule has 1 fully saturated rings. The zero-order valence-electron chi connectivity index (χ0n) is 12.7. The molecule has 2 nitrogen and oxygen atoms in total. The Balaban J connectivity index is 0.00000220. The summed E-state index contributed by atoms with van der Waals surface area (Å²) in [5.41, 5.74) is 1.07. The summed E-state index contributed by atoms with van der Waals surface area (Å²) >= 11 is 6.31. The molecule has 1 heterocycles. The first-order valence-electron chi connectivity index (χ1n) is 7.53. The predicted octanol–water partition coefficient (Wildman–Crippen LogP) is 4.28. The summed E-state index contributed by atoms with van der Waals surface area (Å²) in [6.45, 7) is 8.54. The van der Waals surface area contributed by atoms with Gasteiger partial charge in [0.25, 0.3) is 0 Å². The second kappa shape index (κ2) is 8.94. The molecule has 0 radical (unpaired) electrons. The molecule has 1 aromatic rings. The average Bonchev–Trinajstić information content (AvgIpc) is 2.43. The summed E-state index contributed by atoms with van der Waals surface area (Å²) in [6.07, 6.45) is 2.31. The molecule has 2 atom stereocenters. The van der Waals surface area contributed by atoms with E-state index in [0.717, 1.165) is 44.6 Å². The lowest BCUT2D eigenvalue weighted by Crippen LogP contribution is -2.46. The smallest absolute Gasteiger partial charge is 0.124 e. The maximum absolute atomic E-state index is 13.3. The van der Waals surface area contributed by atoms with E-state index < -0.39 is 0 Å². The monoisotopic (exact) mass is 334 g/mol. The Bertz CT molecular complexity index is 436. The van der Waals surface area contributed by atoms with Gasteiger partial charge in [0.1, 0.15) is 5.82 Å². The van der Waals surface area contributed by atoms with E-state index in [-0.39, 0.29) is 24.3 Å². The van der Waals surface area contributed by atoms with Crippen molar-refractivity contribution >= 4 is 24.0 Å². The van der Waals surface area contributed by atoms with E-state index in [1.165, 1.54) is 12.1 Å². The van der Waals surface area contributed by atoms with Gasteiger partial charge in [-0.15, -0.1) is 12.4 Å². The number of halogens is 3. The summed E-state index contributed by atoms with van der Waals surface area (Å²) in [4.78, 5) is 2.48. The molecule has 1 aliphatic rings. The molecule has 0 aromatic heterocycles. The number of nitrogens with one attached hydrogen (secondary N) is 1. The van der Waals surface area contributed by atoms with E-state index in [1.807, 2.05) is 6.07 Å². The van der Waals surface area contributed by atoms with E-state index in [4.69, 9.17) is 11.6 Å². The van der Waals surface area contributed by atoms with Crippen LogP contribution in [0.2, 0.25) is 5.02 Å². The van der Waals surface area contributed by atoms with Gasteiger partial charge in [0, 0.05) is 37.2 Å². The van der Waals surface area contributed by atoms with Crippen molar-refractivity contribution in [1.29, 1.82) is 0 Å². The average molecular weight is 335 g/mol. The SMILES string of the molecule is CCCC(C)[C@@H](c1ccc(F)cc1Cl)N1CCNCC1.Cl. The molecule has 1 aromatic carbocycles. The minimum Gasteiger partial charge on any atom is -0.314 e. The fourth-order valence-corrected chi connectivity index (χ4v) is 3.46. The number of rotatable bonds is 5. The zero-order chi connectivity index (χ0) is 14.5. The van der Waals surface area contributed by atoms with E-state index >= 15 is 0 Å². The van der Waals surface area contributed by atoms with Crippen molar-refractivity contribution in [2.24, 2.45) is 5.92 Å². The lowest BCUT2D eigenvalue weighted by atomic mass is 9.89. The number of benzene rings is 1. The highest BCUT2D eigenvalue weighted by Crippen LogP contribution is 2.36. The van der Waals surface area contributed by atoms with Gasteiger partial charge in [0.2, 0.25) is 0 Å². The van der Waals surface area contributed by atoms with Crippen LogP contribution in [0.15, 0.2) is 18.2 Å². The van der Waals surface area contributed by atoms with Crippen molar-refractivity contribution in [3.05, 3.63) is 34.6 Å². The third-order valence-electron chi connectivity index (χ3n) is 4.11. The molecule has 0 saturated carbocycles. The van der Waals surface area contributed by atoms with Crippen LogP contribution in [0.25, 0.3) is 0 Å². The maximum atomic E-state index is 13.3. The van der Waals surface area contributed by atoms with Gasteiger partial charge in [-0.3, -0.25) is 4.90 Å². The maximum Gasteiger partial charge on any atom is 0.124 e. The van der Waals surface area contributed by atoms with Crippen LogP contribution in [0.4, 0.5) is 4.39 Å². The van der Waals surface area contributed by atoms with Crippen LogP contribution in [-0.2, 0) is 0 Å². The Hall–Kier alpha value is -0.350. The fourth-order valence-electron chi connectivity index (χ4n) is 3.18. The van der Waals surface area contributed by atoms with Gasteiger partial charge in [-0.1, -0.05) is 37.9 Å². The van der Waals surface area contributed by atoms with Gasteiger partial charge in [-0.25, -0.2) is 4.39 Å². The molecule has 1 aliphatic heterocycles. The first kappa shape index (κ1) is 18.7. The van der Waals surface area contributed by atoms with Crippen LogP contribution >= 0.6 is 24.0 Å². The highest BCUT2D eigenvalue weighted by atomic mass is 35.5. The number of piperazine rings is 1. The van der Waals surface area contributed by atoms with E-state index in [0.29, 0.717) is 10.9 Å². The molecule has 1 saturated heterocycles. The molecule has 0 spiro atoms. The fraction of sp³-hybridized carbons (Fsp3) is 0.625. The highest BCUT2D eigenvalue weighted by molar-refractivity contribution is 6.31. The minimum absolute atomic E-state index is 0. The van der Waals surface area contributed by atoms with Gasteiger partial charge in [0.15, 0.2) is 0 Å². The molecule has 5 heteroatoms. The standard InChI is InChI=1S/C16H24ClFN2.ClH/c1-3-4-12(2)16(20-9-7-19-8-10-20)14-6-5-13(18)11-15(14)17;/h5-6,11-12,16,19H,3-4,7-10H2,1-2H3;1H/t12?,16-;/m0./s1. The molecule has 1 N–H and O–H groups in total. The van der Waals surface area contributed by atoms with Crippen LogP contribution < -0.4 is 5.32 Å². The van der Waals surface area contributed by atoms with Crippen LogP contribution in [0.3, 0.4) is 0 Å². The van der Waals surface area contributed by atoms with E-state index in [2.05, 4.69) is 24.1 Å². The molecule has 2 rings (SSSR count). The van der Waals surface area contributed by atoms with Crippen molar-refractivity contribution in [3.63, 3.8) is 0 Å². The van der Waals surface area contributed by atoms with Crippen LogP contribution in [-0.4, -0.2) is 31.1 Å². The Morgan fingerprint density at radius 1 is 1.33 bits per heavy atom. The quantitative estimate of drug-likeness (QED) is 0.864. The molecule has 0 bridgehead atoms. The lowest BCUT2D eigenvalue weighted by Gasteiger charge is -2.39.